The van der Waals surface area contributed by atoms with Crippen LogP contribution in [0.2, 0.25) is 0 Å². The van der Waals surface area contributed by atoms with Gasteiger partial charge in [0.15, 0.2) is 5.82 Å². The van der Waals surface area contributed by atoms with Gasteiger partial charge in [0, 0.05) is 7.05 Å². The maximum absolute atomic E-state index is 13.5. The van der Waals surface area contributed by atoms with E-state index in [1.807, 2.05) is 17.7 Å². The fourth-order valence-electron chi connectivity index (χ4n) is 2.10. The van der Waals surface area contributed by atoms with E-state index in [9.17, 15) is 4.39 Å². The first-order valence-corrected chi connectivity index (χ1v) is 6.06. The van der Waals surface area contributed by atoms with Crippen LogP contribution < -0.4 is 5.32 Å². The number of fused-ring (bicyclic) bond motifs is 1. The number of halogens is 1. The van der Waals surface area contributed by atoms with Crippen molar-refractivity contribution in [2.45, 2.75) is 19.4 Å². The van der Waals surface area contributed by atoms with E-state index in [1.165, 1.54) is 18.9 Å². The molecule has 3 nitrogen and oxygen atoms in total. The first-order valence-electron chi connectivity index (χ1n) is 6.06. The van der Waals surface area contributed by atoms with Crippen LogP contribution in [0.25, 0.3) is 11.0 Å². The molecule has 1 aliphatic carbocycles. The van der Waals surface area contributed by atoms with E-state index in [2.05, 4.69) is 10.3 Å². The van der Waals surface area contributed by atoms with E-state index in [-0.39, 0.29) is 5.82 Å². The van der Waals surface area contributed by atoms with Gasteiger partial charge in [-0.05, 0) is 37.4 Å². The zero-order valence-electron chi connectivity index (χ0n) is 9.91. The van der Waals surface area contributed by atoms with E-state index in [1.54, 1.807) is 6.07 Å². The molecule has 1 aromatic carbocycles. The average Bonchev–Trinajstić information content (AvgIpc) is 3.07. The van der Waals surface area contributed by atoms with Crippen LogP contribution in [0.3, 0.4) is 0 Å². The predicted octanol–water partition coefficient (Wildman–Crippen LogP) is 2.21. The Morgan fingerprint density at radius 3 is 3.00 bits per heavy atom. The van der Waals surface area contributed by atoms with Gasteiger partial charge in [-0.15, -0.1) is 0 Å². The molecule has 1 fully saturated rings. The minimum atomic E-state index is -0.244. The zero-order chi connectivity index (χ0) is 11.8. The Balaban J connectivity index is 1.83. The van der Waals surface area contributed by atoms with Crippen LogP contribution in [0.4, 0.5) is 4.39 Å². The summed E-state index contributed by atoms with van der Waals surface area (Å²) in [6.07, 6.45) is 2.67. The average molecular weight is 233 g/mol. The molecular formula is C13H16FN3. The summed E-state index contributed by atoms with van der Waals surface area (Å²) in [6.45, 7) is 1.76. The number of aromatic nitrogens is 2. The lowest BCUT2D eigenvalue weighted by molar-refractivity contribution is 0.606. The quantitative estimate of drug-likeness (QED) is 0.877. The molecule has 1 N–H and O–H groups in total. The van der Waals surface area contributed by atoms with Gasteiger partial charge in [0.2, 0.25) is 0 Å². The molecule has 0 bridgehead atoms. The minimum Gasteiger partial charge on any atom is -0.330 e. The highest BCUT2D eigenvalue weighted by atomic mass is 19.1. The Kier molecular flexibility index (Phi) is 2.59. The minimum absolute atomic E-state index is 0.244. The predicted molar refractivity (Wildman–Crippen MR) is 65.1 cm³/mol. The Morgan fingerprint density at radius 2 is 2.29 bits per heavy atom. The van der Waals surface area contributed by atoms with Gasteiger partial charge in [0.1, 0.15) is 11.3 Å². The van der Waals surface area contributed by atoms with Crippen LogP contribution in [0.15, 0.2) is 18.2 Å². The molecule has 1 aliphatic rings. The monoisotopic (exact) mass is 233 g/mol. The van der Waals surface area contributed by atoms with Gasteiger partial charge in [-0.25, -0.2) is 9.37 Å². The van der Waals surface area contributed by atoms with Gasteiger partial charge < -0.3 is 9.88 Å². The first kappa shape index (κ1) is 10.7. The summed E-state index contributed by atoms with van der Waals surface area (Å²) in [5, 5.41) is 3.38. The molecule has 3 rings (SSSR count). The van der Waals surface area contributed by atoms with Crippen molar-refractivity contribution in [1.82, 2.24) is 14.9 Å². The van der Waals surface area contributed by atoms with Gasteiger partial charge in [-0.3, -0.25) is 0 Å². The largest absolute Gasteiger partial charge is 0.330 e. The van der Waals surface area contributed by atoms with Gasteiger partial charge in [-0.2, -0.15) is 0 Å². The molecule has 4 heteroatoms. The van der Waals surface area contributed by atoms with E-state index in [4.69, 9.17) is 0 Å². The third-order valence-electron chi connectivity index (χ3n) is 3.37. The number of hydrogen-bond acceptors (Lipinski definition) is 2. The third kappa shape index (κ3) is 2.05. The van der Waals surface area contributed by atoms with E-state index in [0.717, 1.165) is 23.8 Å². The van der Waals surface area contributed by atoms with Crippen LogP contribution in [0.1, 0.15) is 18.7 Å². The first-order chi connectivity index (χ1) is 8.25. The molecule has 0 spiro atoms. The van der Waals surface area contributed by atoms with E-state index >= 15 is 0 Å². The van der Waals surface area contributed by atoms with Crippen molar-refractivity contribution < 1.29 is 4.39 Å². The highest BCUT2D eigenvalue weighted by Gasteiger charge is 2.20. The fraction of sp³-hybridized carbons (Fsp3) is 0.462. The van der Waals surface area contributed by atoms with Crippen molar-refractivity contribution in [2.75, 3.05) is 6.54 Å². The number of aryl methyl sites for hydroxylation is 1. The molecule has 17 heavy (non-hydrogen) atoms. The number of imidazole rings is 1. The SMILES string of the molecule is Cn1c(CNCC2CC2)nc2c(F)cccc21. The maximum atomic E-state index is 13.5. The van der Waals surface area contributed by atoms with Gasteiger partial charge in [-0.1, -0.05) is 6.07 Å². The molecule has 90 valence electrons. The second kappa shape index (κ2) is 4.11. The van der Waals surface area contributed by atoms with Gasteiger partial charge in [0.25, 0.3) is 0 Å². The second-order valence-electron chi connectivity index (χ2n) is 4.77. The Labute approximate surface area is 99.7 Å². The van der Waals surface area contributed by atoms with Crippen LogP contribution in [0.5, 0.6) is 0 Å². The summed E-state index contributed by atoms with van der Waals surface area (Å²) in [6, 6.07) is 5.08. The molecular weight excluding hydrogens is 217 g/mol. The van der Waals surface area contributed by atoms with E-state index in [0.29, 0.717) is 12.1 Å². The third-order valence-corrected chi connectivity index (χ3v) is 3.37. The van der Waals surface area contributed by atoms with Gasteiger partial charge >= 0.3 is 0 Å². The Morgan fingerprint density at radius 1 is 1.47 bits per heavy atom. The van der Waals surface area contributed by atoms with Crippen LogP contribution in [-0.2, 0) is 13.6 Å². The number of para-hydroxylation sites is 1. The number of rotatable bonds is 4. The van der Waals surface area contributed by atoms with Crippen molar-refractivity contribution in [3.63, 3.8) is 0 Å². The summed E-state index contributed by atoms with van der Waals surface area (Å²) in [7, 11) is 1.93. The molecule has 0 radical (unpaired) electrons. The number of nitrogens with one attached hydrogen (secondary N) is 1. The number of hydrogen-bond donors (Lipinski definition) is 1. The standard InChI is InChI=1S/C13H16FN3/c1-17-11-4-2-3-10(14)13(11)16-12(17)8-15-7-9-5-6-9/h2-4,9,15H,5-8H2,1H3. The van der Waals surface area contributed by atoms with Crippen molar-refractivity contribution >= 4 is 11.0 Å². The van der Waals surface area contributed by atoms with Crippen molar-refractivity contribution in [3.8, 4) is 0 Å². The molecule has 0 saturated heterocycles. The van der Waals surface area contributed by atoms with Crippen LogP contribution in [0, 0.1) is 11.7 Å². The smallest absolute Gasteiger partial charge is 0.151 e. The molecule has 1 aromatic heterocycles. The lowest BCUT2D eigenvalue weighted by Gasteiger charge is -2.03. The van der Waals surface area contributed by atoms with Crippen molar-refractivity contribution in [2.24, 2.45) is 13.0 Å². The van der Waals surface area contributed by atoms with Crippen LogP contribution >= 0.6 is 0 Å². The number of nitrogens with zero attached hydrogens (tertiary/aromatic N) is 2. The lowest BCUT2D eigenvalue weighted by Crippen LogP contribution is -2.18. The maximum Gasteiger partial charge on any atom is 0.151 e. The number of benzene rings is 1. The molecule has 1 heterocycles. The normalized spacial score (nSPS) is 15.6. The highest BCUT2D eigenvalue weighted by Crippen LogP contribution is 2.27. The highest BCUT2D eigenvalue weighted by molar-refractivity contribution is 5.76. The van der Waals surface area contributed by atoms with Crippen molar-refractivity contribution in [3.05, 3.63) is 29.8 Å². The topological polar surface area (TPSA) is 29.9 Å². The zero-order valence-corrected chi connectivity index (χ0v) is 9.91. The summed E-state index contributed by atoms with van der Waals surface area (Å²) in [5.41, 5.74) is 1.33. The molecule has 0 aliphatic heterocycles. The summed E-state index contributed by atoms with van der Waals surface area (Å²) < 4.78 is 15.5. The Bertz CT molecular complexity index is 543. The molecule has 2 aromatic rings. The molecule has 0 amide bonds. The van der Waals surface area contributed by atoms with Gasteiger partial charge in [0.05, 0.1) is 12.1 Å². The fourth-order valence-corrected chi connectivity index (χ4v) is 2.10. The van der Waals surface area contributed by atoms with Crippen molar-refractivity contribution in [1.29, 1.82) is 0 Å². The Hall–Kier alpha value is -1.42. The summed E-state index contributed by atoms with van der Waals surface area (Å²) in [5.74, 6) is 1.50. The van der Waals surface area contributed by atoms with Crippen LogP contribution in [-0.4, -0.2) is 16.1 Å². The lowest BCUT2D eigenvalue weighted by atomic mass is 10.3. The molecule has 0 atom stereocenters. The molecule has 0 unspecified atom stereocenters. The summed E-state index contributed by atoms with van der Waals surface area (Å²) in [4.78, 5) is 4.35. The summed E-state index contributed by atoms with van der Waals surface area (Å²) >= 11 is 0. The molecule has 1 saturated carbocycles. The van der Waals surface area contributed by atoms with E-state index < -0.39 is 0 Å². The second-order valence-corrected chi connectivity index (χ2v) is 4.77.